The Morgan fingerprint density at radius 3 is 2.14 bits per heavy atom. The summed E-state index contributed by atoms with van der Waals surface area (Å²) in [7, 11) is 2.55. The second-order valence-corrected chi connectivity index (χ2v) is 15.8. The van der Waals surface area contributed by atoms with Gasteiger partial charge in [-0.3, -0.25) is 9.59 Å². The van der Waals surface area contributed by atoms with Gasteiger partial charge >= 0.3 is 12.2 Å². The molecule has 7 rings (SSSR count). The van der Waals surface area contributed by atoms with Crippen molar-refractivity contribution in [1.29, 1.82) is 0 Å². The molecule has 4 amide bonds. The zero-order chi connectivity index (χ0) is 40.1. The summed E-state index contributed by atoms with van der Waals surface area (Å²) >= 11 is 3.20. The van der Waals surface area contributed by atoms with E-state index in [4.69, 9.17) is 14.5 Å². The van der Waals surface area contributed by atoms with Crippen LogP contribution in [0.1, 0.15) is 86.1 Å². The summed E-state index contributed by atoms with van der Waals surface area (Å²) in [6.07, 6.45) is 5.25. The van der Waals surface area contributed by atoms with Crippen molar-refractivity contribution in [3.8, 4) is 34.9 Å². The van der Waals surface area contributed by atoms with Crippen molar-refractivity contribution in [2.45, 2.75) is 63.7 Å². The molecule has 0 bridgehead atoms. The van der Waals surface area contributed by atoms with Crippen LogP contribution in [0.4, 0.5) is 9.59 Å². The third-order valence-electron chi connectivity index (χ3n) is 10.1. The molecular formula is C41H42N8O6S2. The van der Waals surface area contributed by atoms with Gasteiger partial charge in [0.2, 0.25) is 5.91 Å². The summed E-state index contributed by atoms with van der Waals surface area (Å²) < 4.78 is 11.7. The van der Waals surface area contributed by atoms with Crippen molar-refractivity contribution < 1.29 is 28.7 Å². The molecule has 2 saturated heterocycles. The van der Waals surface area contributed by atoms with E-state index >= 15 is 0 Å². The average Bonchev–Trinajstić information content (AvgIpc) is 4.08. The molecule has 1 aromatic carbocycles. The standard InChI is InChI=1S/C41H42N8O6S2/c1-24(2)32(46-40(52)54-3)38(50)48-18-11-17-31(48)37-43-21-29(45-37)28-23-57-34-26(22-56-35(28)34)14-8-9-15-27-20-42-36(44-27)30-16-10-19-49(30)39(51)33(47-41(53)55-4)25-12-6-5-7-13-25/h5-7,12-13,20-24,30-33H,10-11,16-19H2,1-4H3,(H,42,44)(H,43,45)(H,46,52)(H,47,53). The minimum atomic E-state index is -0.897. The maximum atomic E-state index is 13.8. The fraction of sp³-hybridized carbons (Fsp3) is 0.366. The van der Waals surface area contributed by atoms with Gasteiger partial charge in [0.25, 0.3) is 5.91 Å². The molecule has 0 saturated carbocycles. The van der Waals surface area contributed by atoms with Crippen LogP contribution in [-0.2, 0) is 19.1 Å². The summed E-state index contributed by atoms with van der Waals surface area (Å²) in [6.45, 7) is 4.90. The van der Waals surface area contributed by atoms with Crippen molar-refractivity contribution in [1.82, 2.24) is 40.4 Å². The van der Waals surface area contributed by atoms with Crippen LogP contribution in [0.25, 0.3) is 20.7 Å². The third-order valence-corrected chi connectivity index (χ3v) is 12.3. The number of fused-ring (bicyclic) bond motifs is 1. The minimum Gasteiger partial charge on any atom is -0.453 e. The predicted molar refractivity (Wildman–Crippen MR) is 216 cm³/mol. The molecule has 5 aromatic rings. The van der Waals surface area contributed by atoms with Crippen molar-refractivity contribution in [2.75, 3.05) is 27.3 Å². The summed E-state index contributed by atoms with van der Waals surface area (Å²) in [6, 6.07) is 6.97. The fourth-order valence-corrected chi connectivity index (χ4v) is 9.58. The van der Waals surface area contributed by atoms with E-state index in [0.717, 1.165) is 51.9 Å². The fourth-order valence-electron chi connectivity index (χ4n) is 7.29. The number of methoxy groups -OCH3 is 2. The van der Waals surface area contributed by atoms with Gasteiger partial charge in [0.15, 0.2) is 0 Å². The number of carbonyl (C=O) groups is 4. The second-order valence-electron chi connectivity index (χ2n) is 14.0. The lowest BCUT2D eigenvalue weighted by molar-refractivity contribution is -0.135. The number of benzene rings is 1. The molecule has 4 atom stereocenters. The van der Waals surface area contributed by atoms with Gasteiger partial charge in [-0.05, 0) is 54.9 Å². The Hall–Kier alpha value is -6.10. The summed E-state index contributed by atoms with van der Waals surface area (Å²) in [5.74, 6) is 13.0. The highest BCUT2D eigenvalue weighted by molar-refractivity contribution is 7.27. The lowest BCUT2D eigenvalue weighted by Crippen LogP contribution is -2.51. The van der Waals surface area contributed by atoms with Gasteiger partial charge in [-0.2, -0.15) is 0 Å². The number of imidazole rings is 2. The number of likely N-dealkylation sites (tertiary alicyclic amines) is 2. The molecule has 4 N–H and O–H groups in total. The van der Waals surface area contributed by atoms with Crippen LogP contribution in [0.5, 0.6) is 0 Å². The van der Waals surface area contributed by atoms with Gasteiger partial charge in [0, 0.05) is 29.4 Å². The topological polar surface area (TPSA) is 175 Å². The first kappa shape index (κ1) is 39.1. The van der Waals surface area contributed by atoms with Gasteiger partial charge in [-0.15, -0.1) is 22.7 Å². The van der Waals surface area contributed by atoms with Crippen molar-refractivity contribution >= 4 is 56.1 Å². The Morgan fingerprint density at radius 2 is 1.44 bits per heavy atom. The quantitative estimate of drug-likeness (QED) is 0.126. The van der Waals surface area contributed by atoms with Crippen LogP contribution < -0.4 is 10.6 Å². The highest BCUT2D eigenvalue weighted by atomic mass is 32.1. The average molecular weight is 807 g/mol. The highest BCUT2D eigenvalue weighted by Gasteiger charge is 2.38. The van der Waals surface area contributed by atoms with Crippen LogP contribution in [0.2, 0.25) is 0 Å². The maximum absolute atomic E-state index is 13.8. The number of H-pyrrole nitrogens is 2. The second kappa shape index (κ2) is 17.4. The molecule has 14 nitrogen and oxygen atoms in total. The van der Waals surface area contributed by atoms with Gasteiger partial charge in [0.05, 0.1) is 59.4 Å². The first-order valence-corrected chi connectivity index (χ1v) is 20.4. The smallest absolute Gasteiger partial charge is 0.407 e. The number of hydrogen-bond acceptors (Lipinski definition) is 10. The molecule has 6 heterocycles. The van der Waals surface area contributed by atoms with Gasteiger partial charge in [0.1, 0.15) is 29.4 Å². The molecule has 4 aromatic heterocycles. The molecule has 4 unspecified atom stereocenters. The Labute approximate surface area is 337 Å². The van der Waals surface area contributed by atoms with Crippen molar-refractivity contribution in [2.24, 2.45) is 5.92 Å². The molecule has 2 aliphatic heterocycles. The molecule has 16 heteroatoms. The van der Waals surface area contributed by atoms with Crippen LogP contribution in [-0.4, -0.2) is 87.1 Å². The molecule has 0 spiro atoms. The molecule has 0 radical (unpaired) electrons. The van der Waals surface area contributed by atoms with E-state index < -0.39 is 24.3 Å². The molecular weight excluding hydrogens is 765 g/mol. The minimum absolute atomic E-state index is 0.115. The van der Waals surface area contributed by atoms with Gasteiger partial charge in [-0.1, -0.05) is 50.1 Å². The van der Waals surface area contributed by atoms with E-state index in [1.165, 1.54) is 14.2 Å². The van der Waals surface area contributed by atoms with E-state index in [9.17, 15) is 19.2 Å². The molecule has 2 aliphatic rings. The molecule has 0 aliphatic carbocycles. The third kappa shape index (κ3) is 8.38. The Bertz CT molecular complexity index is 2390. The highest BCUT2D eigenvalue weighted by Crippen LogP contribution is 2.40. The van der Waals surface area contributed by atoms with Crippen LogP contribution in [0, 0.1) is 29.6 Å². The zero-order valence-electron chi connectivity index (χ0n) is 31.9. The monoisotopic (exact) mass is 806 g/mol. The number of ether oxygens (including phenoxy) is 2. The molecule has 57 heavy (non-hydrogen) atoms. The number of aromatic amines is 2. The summed E-state index contributed by atoms with van der Waals surface area (Å²) in [4.78, 5) is 71.0. The number of carbonyl (C=O) groups excluding carboxylic acids is 4. The Morgan fingerprint density at radius 1 is 0.807 bits per heavy atom. The van der Waals surface area contributed by atoms with Gasteiger partial charge < -0.3 is 39.9 Å². The lowest BCUT2D eigenvalue weighted by atomic mass is 10.0. The predicted octanol–water partition coefficient (Wildman–Crippen LogP) is 6.28. The zero-order valence-corrected chi connectivity index (χ0v) is 33.5. The molecule has 294 valence electrons. The Kier molecular flexibility index (Phi) is 11.9. The van der Waals surface area contributed by atoms with Crippen LogP contribution >= 0.6 is 22.7 Å². The van der Waals surface area contributed by atoms with Crippen LogP contribution in [0.3, 0.4) is 0 Å². The van der Waals surface area contributed by atoms with Crippen molar-refractivity contribution in [3.63, 3.8) is 0 Å². The van der Waals surface area contributed by atoms with Crippen molar-refractivity contribution in [3.05, 3.63) is 82.0 Å². The van der Waals surface area contributed by atoms with E-state index in [1.807, 2.05) is 37.4 Å². The number of aromatic nitrogens is 4. The number of amides is 4. The Balaban J connectivity index is 1.02. The lowest BCUT2D eigenvalue weighted by Gasteiger charge is -2.30. The molecule has 2 fully saturated rings. The van der Waals surface area contributed by atoms with E-state index in [2.05, 4.69) is 54.6 Å². The maximum Gasteiger partial charge on any atom is 0.407 e. The summed E-state index contributed by atoms with van der Waals surface area (Å²) in [5.41, 5.74) is 4.00. The summed E-state index contributed by atoms with van der Waals surface area (Å²) in [5, 5.41) is 9.48. The van der Waals surface area contributed by atoms with E-state index in [-0.39, 0.29) is 29.8 Å². The first-order valence-electron chi connectivity index (χ1n) is 18.6. The number of thiophene rings is 2. The number of rotatable bonds is 9. The van der Waals surface area contributed by atoms with Gasteiger partial charge in [-0.25, -0.2) is 19.6 Å². The number of hydrogen-bond donors (Lipinski definition) is 4. The first-order chi connectivity index (χ1) is 27.7. The number of alkyl carbamates (subject to hydrolysis) is 2. The van der Waals surface area contributed by atoms with Crippen LogP contribution in [0.15, 0.2) is 53.5 Å². The normalized spacial score (nSPS) is 17.4. The number of nitrogens with one attached hydrogen (secondary N) is 4. The van der Waals surface area contributed by atoms with E-state index in [0.29, 0.717) is 36.0 Å². The largest absolute Gasteiger partial charge is 0.453 e. The number of nitrogens with zero attached hydrogens (tertiary/aromatic N) is 4. The van der Waals surface area contributed by atoms with E-state index in [1.54, 1.807) is 57.0 Å². The SMILES string of the molecule is COC(=O)NC(C(=O)N1CCCC1c1ncc(C#CC#Cc2csc3c(-c4cnc(C5CCCN5C(=O)C(NC(=O)OC)C(C)C)[nH]4)csc23)[nH]1)c1ccccc1.